The highest BCUT2D eigenvalue weighted by atomic mass is 14.6. The van der Waals surface area contributed by atoms with Crippen molar-refractivity contribution in [3.05, 3.63) is 13.2 Å². The largest absolute Gasteiger partial charge is 0.329 e. The Hall–Kier alpha value is -0.340. The Bertz CT molecular complexity index is 13.0. The molecule has 0 aromatic rings. The van der Waals surface area contributed by atoms with E-state index in [9.17, 15) is 0 Å². The lowest BCUT2D eigenvalue weighted by Crippen LogP contribution is -2.11. The second kappa shape index (κ2) is 22.7. The van der Waals surface area contributed by atoms with Crippen LogP contribution in [0.4, 0.5) is 0 Å². The molecule has 0 saturated heterocycles. The van der Waals surface area contributed by atoms with E-state index < -0.39 is 0 Å². The van der Waals surface area contributed by atoms with Gasteiger partial charge in [-0.25, -0.2) is 0 Å². The van der Waals surface area contributed by atoms with Crippen LogP contribution in [-0.2, 0) is 0 Å². The first-order chi connectivity index (χ1) is 2.91. The maximum absolute atomic E-state index is 4.90. The van der Waals surface area contributed by atoms with Crippen molar-refractivity contribution in [3.8, 4) is 0 Å². The molecule has 2 nitrogen and oxygen atoms in total. The molecule has 0 spiro atoms. The molecule has 0 aromatic carbocycles. The van der Waals surface area contributed by atoms with Crippen molar-refractivity contribution in [2.75, 3.05) is 13.1 Å². The van der Waals surface area contributed by atoms with Crippen molar-refractivity contribution in [1.82, 2.24) is 0 Å². The molecule has 0 aromatic heterocycles. The number of rotatable bonds is 1. The van der Waals surface area contributed by atoms with Gasteiger partial charge in [-0.15, -0.1) is 13.2 Å². The summed E-state index contributed by atoms with van der Waals surface area (Å²) in [5.74, 6) is 0. The first-order valence-electron chi connectivity index (χ1n) is 1.82. The summed E-state index contributed by atoms with van der Waals surface area (Å²) in [4.78, 5) is 0. The third kappa shape index (κ3) is 59.5. The zero-order valence-electron chi connectivity index (χ0n) is 3.98. The summed E-state index contributed by atoms with van der Waals surface area (Å²) in [6.45, 7) is 7.19. The van der Waals surface area contributed by atoms with Gasteiger partial charge in [-0.3, -0.25) is 0 Å². The van der Waals surface area contributed by atoms with Gasteiger partial charge < -0.3 is 11.5 Å². The van der Waals surface area contributed by atoms with Gasteiger partial charge in [0.15, 0.2) is 0 Å². The standard InChI is InChI=1S/C2H8N2.C2H4/c3-1-2-4;1-2/h1-4H2;1-2H2. The van der Waals surface area contributed by atoms with Gasteiger partial charge in [-0.05, 0) is 0 Å². The second-order valence-electron chi connectivity index (χ2n) is 0.577. The van der Waals surface area contributed by atoms with E-state index in [1.807, 2.05) is 0 Å². The van der Waals surface area contributed by atoms with Crippen LogP contribution in [0.2, 0.25) is 0 Å². The third-order valence-electron chi connectivity index (χ3n) is 0.167. The monoisotopic (exact) mass is 88.1 g/mol. The minimum atomic E-state index is 0.597. The Morgan fingerprint density at radius 2 is 1.17 bits per heavy atom. The van der Waals surface area contributed by atoms with E-state index >= 15 is 0 Å². The van der Waals surface area contributed by atoms with E-state index in [1.165, 1.54) is 0 Å². The molecule has 0 bridgehead atoms. The first-order valence-corrected chi connectivity index (χ1v) is 1.82. The average molecular weight is 88.2 g/mol. The van der Waals surface area contributed by atoms with Crippen LogP contribution in [-0.4, -0.2) is 13.1 Å². The predicted molar refractivity (Wildman–Crippen MR) is 29.4 cm³/mol. The second-order valence-corrected chi connectivity index (χ2v) is 0.577. The molecule has 0 saturated carbocycles. The summed E-state index contributed by atoms with van der Waals surface area (Å²) in [7, 11) is 0. The van der Waals surface area contributed by atoms with E-state index in [1.54, 1.807) is 0 Å². The van der Waals surface area contributed by atoms with Crippen LogP contribution in [0.15, 0.2) is 13.2 Å². The fourth-order valence-corrected chi connectivity index (χ4v) is 0. The zero-order chi connectivity index (χ0) is 5.41. The summed E-state index contributed by atoms with van der Waals surface area (Å²) in [6.07, 6.45) is 0. The molecule has 2 heteroatoms. The zero-order valence-corrected chi connectivity index (χ0v) is 3.98. The Labute approximate surface area is 38.8 Å². The van der Waals surface area contributed by atoms with Crippen LogP contribution >= 0.6 is 0 Å². The summed E-state index contributed by atoms with van der Waals surface area (Å²) in [5, 5.41) is 0. The molecule has 38 valence electrons. The van der Waals surface area contributed by atoms with Gasteiger partial charge in [0, 0.05) is 13.1 Å². The average Bonchev–Trinajstić information content (AvgIpc) is 1.72. The van der Waals surface area contributed by atoms with Crippen LogP contribution in [0.3, 0.4) is 0 Å². The normalized spacial score (nSPS) is 5.67. The van der Waals surface area contributed by atoms with Crippen molar-refractivity contribution >= 4 is 0 Å². The molecule has 0 rings (SSSR count). The van der Waals surface area contributed by atoms with E-state index in [2.05, 4.69) is 13.2 Å². The van der Waals surface area contributed by atoms with Crippen LogP contribution < -0.4 is 11.5 Å². The van der Waals surface area contributed by atoms with Gasteiger partial charge in [-0.1, -0.05) is 0 Å². The van der Waals surface area contributed by atoms with Gasteiger partial charge in [0.05, 0.1) is 0 Å². The lowest BCUT2D eigenvalue weighted by molar-refractivity contribution is 0.976. The molecule has 0 radical (unpaired) electrons. The number of hydrogen-bond donors (Lipinski definition) is 2. The van der Waals surface area contributed by atoms with E-state index in [0.717, 1.165) is 0 Å². The minimum absolute atomic E-state index is 0.597. The summed E-state index contributed by atoms with van der Waals surface area (Å²) < 4.78 is 0. The van der Waals surface area contributed by atoms with Crippen molar-refractivity contribution in [2.45, 2.75) is 0 Å². The van der Waals surface area contributed by atoms with Gasteiger partial charge in [-0.2, -0.15) is 0 Å². The van der Waals surface area contributed by atoms with E-state index in [4.69, 9.17) is 11.5 Å². The molecule has 0 fully saturated rings. The van der Waals surface area contributed by atoms with Crippen LogP contribution in [0.5, 0.6) is 0 Å². The maximum atomic E-state index is 4.90. The molecule has 0 amide bonds. The minimum Gasteiger partial charge on any atom is -0.329 e. The van der Waals surface area contributed by atoms with E-state index in [0.29, 0.717) is 13.1 Å². The lowest BCUT2D eigenvalue weighted by Gasteiger charge is -1.72. The quantitative estimate of drug-likeness (QED) is 0.432. The molecule has 0 atom stereocenters. The fourth-order valence-electron chi connectivity index (χ4n) is 0. The lowest BCUT2D eigenvalue weighted by atomic mass is 10.7. The van der Waals surface area contributed by atoms with Gasteiger partial charge >= 0.3 is 0 Å². The van der Waals surface area contributed by atoms with Crippen LogP contribution in [0.1, 0.15) is 0 Å². The van der Waals surface area contributed by atoms with Crippen molar-refractivity contribution in [2.24, 2.45) is 11.5 Å². The Morgan fingerprint density at radius 3 is 1.17 bits per heavy atom. The molecular weight excluding hydrogens is 76.1 g/mol. The van der Waals surface area contributed by atoms with Gasteiger partial charge in [0.25, 0.3) is 0 Å². The molecular formula is C4H12N2. The molecule has 0 unspecified atom stereocenters. The molecule has 6 heavy (non-hydrogen) atoms. The third-order valence-corrected chi connectivity index (χ3v) is 0.167. The molecule has 0 aliphatic carbocycles. The molecule has 4 N–H and O–H groups in total. The summed E-state index contributed by atoms with van der Waals surface area (Å²) in [5.41, 5.74) is 9.81. The Morgan fingerprint density at radius 1 is 1.00 bits per heavy atom. The number of nitrogens with two attached hydrogens (primary N) is 2. The van der Waals surface area contributed by atoms with E-state index in [-0.39, 0.29) is 0 Å². The summed E-state index contributed by atoms with van der Waals surface area (Å²) in [6, 6.07) is 0. The van der Waals surface area contributed by atoms with Gasteiger partial charge in [0.2, 0.25) is 0 Å². The molecule has 0 aliphatic heterocycles. The van der Waals surface area contributed by atoms with Crippen molar-refractivity contribution in [3.63, 3.8) is 0 Å². The molecule has 0 heterocycles. The first kappa shape index (κ1) is 9.18. The Balaban J connectivity index is 0. The summed E-state index contributed by atoms with van der Waals surface area (Å²) >= 11 is 0. The van der Waals surface area contributed by atoms with Crippen molar-refractivity contribution < 1.29 is 0 Å². The topological polar surface area (TPSA) is 52.0 Å². The predicted octanol–water partition coefficient (Wildman–Crippen LogP) is -0.294. The smallest absolute Gasteiger partial charge is 0.00461 e. The molecule has 0 aliphatic rings. The van der Waals surface area contributed by atoms with Crippen LogP contribution in [0, 0.1) is 0 Å². The number of hydrogen-bond acceptors (Lipinski definition) is 2. The van der Waals surface area contributed by atoms with Gasteiger partial charge in [0.1, 0.15) is 0 Å². The highest BCUT2D eigenvalue weighted by molar-refractivity contribution is 4.26. The van der Waals surface area contributed by atoms with Crippen molar-refractivity contribution in [1.29, 1.82) is 0 Å². The maximum Gasteiger partial charge on any atom is 0.00461 e. The highest BCUT2D eigenvalue weighted by Crippen LogP contribution is 1.24. The van der Waals surface area contributed by atoms with Crippen LogP contribution in [0.25, 0.3) is 0 Å². The SMILES string of the molecule is C=C.NCCN. The highest BCUT2D eigenvalue weighted by Gasteiger charge is 1.54. The Kier molecular flexibility index (Phi) is 34.6. The fraction of sp³-hybridized carbons (Fsp3) is 0.500.